The van der Waals surface area contributed by atoms with Gasteiger partial charge >= 0.3 is 0 Å². The molecular weight excluding hydrogens is 360 g/mol. The first-order valence-corrected chi connectivity index (χ1v) is 9.60. The van der Waals surface area contributed by atoms with E-state index in [0.717, 1.165) is 18.7 Å². The van der Waals surface area contributed by atoms with Crippen molar-refractivity contribution in [2.45, 2.75) is 0 Å². The Hall–Kier alpha value is -2.33. The van der Waals surface area contributed by atoms with Crippen LogP contribution in [0.2, 0.25) is 0 Å². The van der Waals surface area contributed by atoms with E-state index in [9.17, 15) is 0 Å². The summed E-state index contributed by atoms with van der Waals surface area (Å²) in [7, 11) is 0. The molecule has 152 valence electrons. The Morgan fingerprint density at radius 1 is 0.964 bits per heavy atom. The normalized spacial score (nSPS) is 14.2. The zero-order valence-electron chi connectivity index (χ0n) is 16.0. The molecule has 0 bridgehead atoms. The summed E-state index contributed by atoms with van der Waals surface area (Å²) < 4.78 is 16.2. The molecule has 1 aliphatic rings. The second-order valence-electron chi connectivity index (χ2n) is 6.19. The molecule has 0 aliphatic carbocycles. The molecule has 9 heteroatoms. The van der Waals surface area contributed by atoms with E-state index in [4.69, 9.17) is 19.9 Å². The summed E-state index contributed by atoms with van der Waals surface area (Å²) >= 11 is 0. The van der Waals surface area contributed by atoms with Gasteiger partial charge in [-0.15, -0.1) is 0 Å². The van der Waals surface area contributed by atoms with E-state index in [-0.39, 0.29) is 0 Å². The number of anilines is 2. The Bertz CT molecular complexity index is 697. The molecule has 0 amide bonds. The number of aromatic nitrogens is 3. The van der Waals surface area contributed by atoms with Gasteiger partial charge in [0.05, 0.1) is 39.6 Å². The Labute approximate surface area is 165 Å². The lowest BCUT2D eigenvalue weighted by molar-refractivity contribution is 0.0547. The van der Waals surface area contributed by atoms with Crippen molar-refractivity contribution in [3.8, 4) is 11.4 Å². The van der Waals surface area contributed by atoms with E-state index >= 15 is 0 Å². The fourth-order valence-corrected chi connectivity index (χ4v) is 2.71. The summed E-state index contributed by atoms with van der Waals surface area (Å²) in [5.74, 6) is 1.85. The average molecular weight is 388 g/mol. The molecule has 0 unspecified atom stereocenters. The average Bonchev–Trinajstić information content (AvgIpc) is 2.76. The quantitative estimate of drug-likeness (QED) is 0.540. The van der Waals surface area contributed by atoms with Gasteiger partial charge in [0.1, 0.15) is 0 Å². The molecule has 0 atom stereocenters. The van der Waals surface area contributed by atoms with Crippen LogP contribution in [0, 0.1) is 0 Å². The number of hydrogen-bond acceptors (Lipinski definition) is 9. The fourth-order valence-electron chi connectivity index (χ4n) is 2.71. The first-order valence-electron chi connectivity index (χ1n) is 9.60. The van der Waals surface area contributed by atoms with Crippen molar-refractivity contribution >= 4 is 11.9 Å². The molecule has 2 heterocycles. The molecule has 2 aromatic rings. The van der Waals surface area contributed by atoms with Crippen LogP contribution in [-0.2, 0) is 14.2 Å². The zero-order chi connectivity index (χ0) is 19.4. The molecular formula is C19H28N6O3. The third-order valence-electron chi connectivity index (χ3n) is 4.11. The minimum absolute atomic E-state index is 0.524. The molecule has 3 N–H and O–H groups in total. The highest BCUT2D eigenvalue weighted by Crippen LogP contribution is 2.20. The van der Waals surface area contributed by atoms with Crippen LogP contribution in [0.4, 0.5) is 11.9 Å². The Morgan fingerprint density at radius 2 is 1.71 bits per heavy atom. The van der Waals surface area contributed by atoms with Crippen LogP contribution in [0.25, 0.3) is 11.4 Å². The highest BCUT2D eigenvalue weighted by atomic mass is 16.5. The monoisotopic (exact) mass is 388 g/mol. The van der Waals surface area contributed by atoms with Crippen LogP contribution in [0.1, 0.15) is 0 Å². The number of nitrogens with zero attached hydrogens (tertiary/aromatic N) is 4. The van der Waals surface area contributed by atoms with E-state index in [1.54, 1.807) is 0 Å². The van der Waals surface area contributed by atoms with Crippen LogP contribution in [-0.4, -0.2) is 80.8 Å². The summed E-state index contributed by atoms with van der Waals surface area (Å²) in [6.07, 6.45) is 0. The maximum atomic E-state index is 5.54. The van der Waals surface area contributed by atoms with E-state index in [1.165, 1.54) is 0 Å². The number of rotatable bonds is 11. The van der Waals surface area contributed by atoms with Gasteiger partial charge in [-0.1, -0.05) is 30.3 Å². The molecule has 9 nitrogen and oxygen atoms in total. The molecule has 1 aromatic carbocycles. The maximum Gasteiger partial charge on any atom is 0.230 e. The molecule has 1 aliphatic heterocycles. The van der Waals surface area contributed by atoms with E-state index in [1.807, 2.05) is 30.3 Å². The molecule has 1 fully saturated rings. The van der Waals surface area contributed by atoms with Crippen LogP contribution < -0.4 is 16.0 Å². The predicted octanol–water partition coefficient (Wildman–Crippen LogP) is 0.779. The van der Waals surface area contributed by atoms with E-state index in [2.05, 4.69) is 25.2 Å². The van der Waals surface area contributed by atoms with Gasteiger partial charge in [0.15, 0.2) is 5.82 Å². The van der Waals surface area contributed by atoms with Gasteiger partial charge in [-0.2, -0.15) is 15.0 Å². The minimum atomic E-state index is 0.524. The van der Waals surface area contributed by atoms with Crippen molar-refractivity contribution in [2.24, 2.45) is 5.73 Å². The lowest BCUT2D eigenvalue weighted by Crippen LogP contribution is -2.37. The number of ether oxygens (including phenoxy) is 3. The second kappa shape index (κ2) is 11.5. The number of hydrogen-bond donors (Lipinski definition) is 2. The van der Waals surface area contributed by atoms with Crippen molar-refractivity contribution in [1.82, 2.24) is 15.0 Å². The number of morpholine rings is 1. The van der Waals surface area contributed by atoms with E-state index < -0.39 is 0 Å². The summed E-state index contributed by atoms with van der Waals surface area (Å²) in [5.41, 5.74) is 6.32. The van der Waals surface area contributed by atoms with Crippen LogP contribution in [0.5, 0.6) is 0 Å². The fraction of sp³-hybridized carbons (Fsp3) is 0.526. The van der Waals surface area contributed by atoms with Crippen molar-refractivity contribution in [1.29, 1.82) is 0 Å². The molecule has 0 saturated carbocycles. The largest absolute Gasteiger partial charge is 0.378 e. The van der Waals surface area contributed by atoms with Crippen molar-refractivity contribution < 1.29 is 14.2 Å². The number of nitrogens with one attached hydrogen (secondary N) is 1. The molecule has 3 rings (SSSR count). The predicted molar refractivity (Wildman–Crippen MR) is 107 cm³/mol. The molecule has 0 spiro atoms. The first kappa shape index (κ1) is 20.4. The second-order valence-corrected chi connectivity index (χ2v) is 6.19. The van der Waals surface area contributed by atoms with Gasteiger partial charge in [-0.25, -0.2) is 0 Å². The minimum Gasteiger partial charge on any atom is -0.378 e. The van der Waals surface area contributed by atoms with Gasteiger partial charge in [-0.3, -0.25) is 0 Å². The summed E-state index contributed by atoms with van der Waals surface area (Å²) in [5, 5.41) is 3.23. The molecule has 1 aromatic heterocycles. The molecule has 1 saturated heterocycles. The first-order chi connectivity index (χ1) is 13.9. The summed E-state index contributed by atoms with van der Waals surface area (Å²) in [6, 6.07) is 9.91. The maximum absolute atomic E-state index is 5.54. The Kier molecular flexibility index (Phi) is 8.38. The summed E-state index contributed by atoms with van der Waals surface area (Å²) in [6.45, 7) is 6.17. The van der Waals surface area contributed by atoms with Crippen molar-refractivity contribution in [3.05, 3.63) is 30.3 Å². The zero-order valence-corrected chi connectivity index (χ0v) is 16.0. The third kappa shape index (κ3) is 6.38. The van der Waals surface area contributed by atoms with Gasteiger partial charge in [0, 0.05) is 31.7 Å². The van der Waals surface area contributed by atoms with Crippen molar-refractivity contribution in [2.75, 3.05) is 76.0 Å². The third-order valence-corrected chi connectivity index (χ3v) is 4.11. The Morgan fingerprint density at radius 3 is 2.46 bits per heavy atom. The highest BCUT2D eigenvalue weighted by Gasteiger charge is 2.17. The number of nitrogens with two attached hydrogens (primary N) is 1. The van der Waals surface area contributed by atoms with Crippen LogP contribution in [0.15, 0.2) is 30.3 Å². The molecule has 0 radical (unpaired) electrons. The van der Waals surface area contributed by atoms with Gasteiger partial charge in [0.25, 0.3) is 0 Å². The summed E-state index contributed by atoms with van der Waals surface area (Å²) in [4.78, 5) is 15.9. The van der Waals surface area contributed by atoms with Crippen LogP contribution >= 0.6 is 0 Å². The lowest BCUT2D eigenvalue weighted by atomic mass is 10.2. The highest BCUT2D eigenvalue weighted by molar-refractivity contribution is 5.58. The lowest BCUT2D eigenvalue weighted by Gasteiger charge is -2.27. The smallest absolute Gasteiger partial charge is 0.230 e. The SMILES string of the molecule is NCCOCCOCCNc1nc(-c2ccccc2)nc(N2CCOCC2)n1. The van der Waals surface area contributed by atoms with Crippen molar-refractivity contribution in [3.63, 3.8) is 0 Å². The standard InChI is InChI=1S/C19H28N6O3/c20-6-10-26-14-15-27-11-7-21-18-22-17(16-4-2-1-3-5-16)23-19(24-18)25-8-12-28-13-9-25/h1-5H,6-15,20H2,(H,21,22,23,24). The molecule has 28 heavy (non-hydrogen) atoms. The van der Waals surface area contributed by atoms with Gasteiger partial charge in [-0.05, 0) is 0 Å². The Balaban J connectivity index is 1.61. The van der Waals surface area contributed by atoms with E-state index in [0.29, 0.717) is 70.5 Å². The number of benzene rings is 1. The van der Waals surface area contributed by atoms with Gasteiger partial charge < -0.3 is 30.2 Å². The topological polar surface area (TPSA) is 108 Å². The van der Waals surface area contributed by atoms with Gasteiger partial charge in [0.2, 0.25) is 11.9 Å². The van der Waals surface area contributed by atoms with Crippen LogP contribution in [0.3, 0.4) is 0 Å².